The van der Waals surface area contributed by atoms with Crippen LogP contribution in [-0.4, -0.2) is 17.6 Å². The molecule has 0 unspecified atom stereocenters. The van der Waals surface area contributed by atoms with Crippen molar-refractivity contribution >= 4 is 11.6 Å². The van der Waals surface area contributed by atoms with Gasteiger partial charge >= 0.3 is 0 Å². The number of anilines is 1. The Morgan fingerprint density at radius 1 is 1.38 bits per heavy atom. The van der Waals surface area contributed by atoms with Crippen molar-refractivity contribution in [1.82, 2.24) is 0 Å². The van der Waals surface area contributed by atoms with Crippen LogP contribution in [0.15, 0.2) is 18.2 Å². The first-order chi connectivity index (χ1) is 7.53. The summed E-state index contributed by atoms with van der Waals surface area (Å²) < 4.78 is 0. The lowest BCUT2D eigenvalue weighted by atomic mass is 9.83. The second-order valence-corrected chi connectivity index (χ2v) is 4.96. The van der Waals surface area contributed by atoms with E-state index in [2.05, 4.69) is 11.4 Å². The molecule has 1 aliphatic rings. The molecule has 1 heterocycles. The van der Waals surface area contributed by atoms with Gasteiger partial charge in [-0.25, -0.2) is 0 Å². The molecule has 1 aromatic carbocycles. The van der Waals surface area contributed by atoms with Crippen LogP contribution in [0.5, 0.6) is 0 Å². The Kier molecular flexibility index (Phi) is 2.72. The summed E-state index contributed by atoms with van der Waals surface area (Å²) in [5.74, 6) is 0.0849. The molecule has 2 N–H and O–H groups in total. The Balaban J connectivity index is 2.36. The van der Waals surface area contributed by atoms with Crippen molar-refractivity contribution in [3.63, 3.8) is 0 Å². The van der Waals surface area contributed by atoms with Gasteiger partial charge in [-0.2, -0.15) is 0 Å². The van der Waals surface area contributed by atoms with Crippen LogP contribution in [0.1, 0.15) is 31.4 Å². The molecular formula is C13H17NO2. The van der Waals surface area contributed by atoms with Crippen LogP contribution in [-0.2, 0) is 16.6 Å². The third-order valence-corrected chi connectivity index (χ3v) is 3.18. The highest BCUT2D eigenvalue weighted by atomic mass is 16.3. The molecule has 0 atom stereocenters. The van der Waals surface area contributed by atoms with Crippen molar-refractivity contribution in [1.29, 1.82) is 0 Å². The Bertz CT molecular complexity index is 424. The number of amides is 1. The second kappa shape index (κ2) is 3.91. The summed E-state index contributed by atoms with van der Waals surface area (Å²) in [6.45, 7) is 4.14. The molecule has 0 saturated heterocycles. The van der Waals surface area contributed by atoms with Crippen LogP contribution < -0.4 is 5.32 Å². The topological polar surface area (TPSA) is 49.3 Å². The fraction of sp³-hybridized carbons (Fsp3) is 0.462. The van der Waals surface area contributed by atoms with Crippen molar-refractivity contribution in [3.05, 3.63) is 29.3 Å². The predicted octanol–water partition coefficient (Wildman–Crippen LogP) is 1.84. The highest BCUT2D eigenvalue weighted by molar-refractivity contribution is 5.93. The van der Waals surface area contributed by atoms with E-state index in [9.17, 15) is 9.90 Å². The molecule has 3 nitrogen and oxygen atoms in total. The molecule has 0 aliphatic carbocycles. The molecule has 0 aromatic heterocycles. The van der Waals surface area contributed by atoms with E-state index in [1.807, 2.05) is 26.0 Å². The first-order valence-corrected chi connectivity index (χ1v) is 5.57. The monoisotopic (exact) mass is 219 g/mol. The number of benzene rings is 1. The van der Waals surface area contributed by atoms with Crippen molar-refractivity contribution in [3.8, 4) is 0 Å². The van der Waals surface area contributed by atoms with E-state index in [0.29, 0.717) is 6.42 Å². The third-order valence-electron chi connectivity index (χ3n) is 3.18. The number of aliphatic hydroxyl groups is 1. The first-order valence-electron chi connectivity index (χ1n) is 5.57. The summed E-state index contributed by atoms with van der Waals surface area (Å²) >= 11 is 0. The lowest BCUT2D eigenvalue weighted by Gasteiger charge is -2.25. The first kappa shape index (κ1) is 11.1. The van der Waals surface area contributed by atoms with E-state index < -0.39 is 0 Å². The Morgan fingerprint density at radius 2 is 2.12 bits per heavy atom. The number of hydrogen-bond donors (Lipinski definition) is 2. The summed E-state index contributed by atoms with van der Waals surface area (Å²) in [6.07, 6.45) is 1.34. The summed E-state index contributed by atoms with van der Waals surface area (Å²) in [5, 5.41) is 12.2. The van der Waals surface area contributed by atoms with Crippen LogP contribution in [0.3, 0.4) is 0 Å². The minimum absolute atomic E-state index is 0.0849. The molecule has 1 aromatic rings. The zero-order valence-corrected chi connectivity index (χ0v) is 9.71. The maximum Gasteiger partial charge on any atom is 0.224 e. The normalized spacial score (nSPS) is 15.6. The van der Waals surface area contributed by atoms with Crippen molar-refractivity contribution in [2.75, 3.05) is 11.9 Å². The minimum atomic E-state index is -0.226. The maximum atomic E-state index is 11.2. The quantitative estimate of drug-likeness (QED) is 0.797. The molecule has 0 fully saturated rings. The van der Waals surface area contributed by atoms with Gasteiger partial charge in [-0.1, -0.05) is 26.0 Å². The third kappa shape index (κ3) is 1.95. The van der Waals surface area contributed by atoms with Crippen LogP contribution in [0.2, 0.25) is 0 Å². The van der Waals surface area contributed by atoms with Gasteiger partial charge in [0.05, 0.1) is 6.61 Å². The number of rotatable bonds is 2. The van der Waals surface area contributed by atoms with E-state index in [-0.39, 0.29) is 17.9 Å². The molecule has 86 valence electrons. The molecule has 0 bridgehead atoms. The molecule has 0 radical (unpaired) electrons. The number of aryl methyl sites for hydroxylation is 1. The fourth-order valence-corrected chi connectivity index (χ4v) is 1.90. The molecule has 3 heteroatoms. The molecule has 16 heavy (non-hydrogen) atoms. The summed E-state index contributed by atoms with van der Waals surface area (Å²) in [6, 6.07) is 5.99. The van der Waals surface area contributed by atoms with Crippen LogP contribution >= 0.6 is 0 Å². The Labute approximate surface area is 95.5 Å². The molecule has 0 spiro atoms. The molecular weight excluding hydrogens is 202 g/mol. The zero-order valence-electron chi connectivity index (χ0n) is 9.71. The van der Waals surface area contributed by atoms with Gasteiger partial charge in [0.15, 0.2) is 0 Å². The summed E-state index contributed by atoms with van der Waals surface area (Å²) in [5.41, 5.74) is 2.97. The van der Waals surface area contributed by atoms with Gasteiger partial charge in [0, 0.05) is 17.5 Å². The summed E-state index contributed by atoms with van der Waals surface area (Å²) in [7, 11) is 0. The largest absolute Gasteiger partial charge is 0.395 e. The fourth-order valence-electron chi connectivity index (χ4n) is 1.90. The van der Waals surface area contributed by atoms with Gasteiger partial charge in [0.25, 0.3) is 0 Å². The van der Waals surface area contributed by atoms with Gasteiger partial charge in [0.1, 0.15) is 0 Å². The molecule has 0 saturated carbocycles. The van der Waals surface area contributed by atoms with Crippen molar-refractivity contribution < 1.29 is 9.90 Å². The van der Waals surface area contributed by atoms with Crippen LogP contribution in [0.25, 0.3) is 0 Å². The molecule has 1 aliphatic heterocycles. The number of fused-ring (bicyclic) bond motifs is 1. The number of carbonyl (C=O) groups is 1. The highest BCUT2D eigenvalue weighted by Gasteiger charge is 2.22. The van der Waals surface area contributed by atoms with Gasteiger partial charge in [-0.05, 0) is 23.6 Å². The van der Waals surface area contributed by atoms with Crippen LogP contribution in [0.4, 0.5) is 5.69 Å². The predicted molar refractivity (Wildman–Crippen MR) is 63.5 cm³/mol. The molecule has 2 rings (SSSR count). The van der Waals surface area contributed by atoms with Crippen molar-refractivity contribution in [2.24, 2.45) is 0 Å². The van der Waals surface area contributed by atoms with E-state index in [0.717, 1.165) is 17.7 Å². The summed E-state index contributed by atoms with van der Waals surface area (Å²) in [4.78, 5) is 11.2. The van der Waals surface area contributed by atoms with Gasteiger partial charge < -0.3 is 10.4 Å². The van der Waals surface area contributed by atoms with Gasteiger partial charge in [0.2, 0.25) is 5.91 Å². The maximum absolute atomic E-state index is 11.2. The zero-order chi connectivity index (χ0) is 11.8. The van der Waals surface area contributed by atoms with E-state index in [1.54, 1.807) is 0 Å². The average molecular weight is 219 g/mol. The number of nitrogens with one attached hydrogen (secondary N) is 1. The number of aliphatic hydroxyl groups excluding tert-OH is 1. The smallest absolute Gasteiger partial charge is 0.224 e. The number of carbonyl (C=O) groups excluding carboxylic acids is 1. The van der Waals surface area contributed by atoms with Crippen molar-refractivity contribution in [2.45, 2.75) is 32.1 Å². The SMILES string of the molecule is CC(C)(CO)c1ccc2c(c1)CCC(=O)N2. The lowest BCUT2D eigenvalue weighted by molar-refractivity contribution is -0.116. The van der Waals surface area contributed by atoms with Crippen LogP contribution in [0, 0.1) is 0 Å². The standard InChI is InChI=1S/C13H17NO2/c1-13(2,8-15)10-4-5-11-9(7-10)3-6-12(16)14-11/h4-5,7,15H,3,6,8H2,1-2H3,(H,14,16). The Morgan fingerprint density at radius 3 is 2.81 bits per heavy atom. The average Bonchev–Trinajstić information content (AvgIpc) is 2.28. The van der Waals surface area contributed by atoms with Gasteiger partial charge in [-0.3, -0.25) is 4.79 Å². The van der Waals surface area contributed by atoms with E-state index in [4.69, 9.17) is 0 Å². The van der Waals surface area contributed by atoms with E-state index in [1.165, 1.54) is 5.56 Å². The number of hydrogen-bond acceptors (Lipinski definition) is 2. The second-order valence-electron chi connectivity index (χ2n) is 4.96. The van der Waals surface area contributed by atoms with E-state index >= 15 is 0 Å². The lowest BCUT2D eigenvalue weighted by Crippen LogP contribution is -2.24. The van der Waals surface area contributed by atoms with Gasteiger partial charge in [-0.15, -0.1) is 0 Å². The minimum Gasteiger partial charge on any atom is -0.395 e. The Hall–Kier alpha value is -1.35. The highest BCUT2D eigenvalue weighted by Crippen LogP contribution is 2.29. The molecule has 1 amide bonds.